The van der Waals surface area contributed by atoms with Crippen LogP contribution >= 0.6 is 0 Å². The van der Waals surface area contributed by atoms with Crippen molar-refractivity contribution in [2.45, 2.75) is 12.6 Å². The number of rotatable bonds is 7. The highest BCUT2D eigenvalue weighted by Crippen LogP contribution is 2.45. The van der Waals surface area contributed by atoms with Gasteiger partial charge in [-0.3, -0.25) is 4.99 Å². The normalized spacial score (nSPS) is 15.2. The Balaban J connectivity index is 1.26. The fourth-order valence-corrected chi connectivity index (χ4v) is 8.54. The van der Waals surface area contributed by atoms with Gasteiger partial charge in [0.15, 0.2) is 5.66 Å². The SMILES string of the molecule is CC1(c2cccc(-n3c4ccc(-c5ccccc5)cc4c4cc(-c5ccccc5)ccc43)c2-c2ccccc2)N=C(c2ccccc2)C(C#N)=C(c2ccccc2)N1. The van der Waals surface area contributed by atoms with Crippen LogP contribution in [0.15, 0.2) is 217 Å². The Morgan fingerprint density at radius 1 is 0.483 bits per heavy atom. The summed E-state index contributed by atoms with van der Waals surface area (Å²) in [4.78, 5) is 5.52. The molecule has 0 bridgehead atoms. The Labute approximate surface area is 338 Å². The van der Waals surface area contributed by atoms with E-state index in [1.54, 1.807) is 0 Å². The summed E-state index contributed by atoms with van der Waals surface area (Å²) in [6.07, 6.45) is 0. The molecule has 2 heterocycles. The Hall–Kier alpha value is -7.74. The molecule has 274 valence electrons. The molecule has 10 rings (SSSR count). The molecule has 4 nitrogen and oxygen atoms in total. The first-order valence-corrected chi connectivity index (χ1v) is 19.6. The molecule has 0 aliphatic carbocycles. The van der Waals surface area contributed by atoms with Crippen LogP contribution in [0.3, 0.4) is 0 Å². The van der Waals surface area contributed by atoms with Crippen LogP contribution in [-0.4, -0.2) is 10.3 Å². The summed E-state index contributed by atoms with van der Waals surface area (Å²) in [7, 11) is 0. The van der Waals surface area contributed by atoms with Gasteiger partial charge in [-0.15, -0.1) is 0 Å². The smallest absolute Gasteiger partial charge is 0.154 e. The summed E-state index contributed by atoms with van der Waals surface area (Å²) in [6, 6.07) is 74.7. The van der Waals surface area contributed by atoms with E-state index in [4.69, 9.17) is 4.99 Å². The fraction of sp³-hybridized carbons (Fsp3) is 0.0370. The molecular formula is C54H38N4. The third-order valence-corrected chi connectivity index (χ3v) is 11.3. The first-order valence-electron chi connectivity index (χ1n) is 19.6. The lowest BCUT2D eigenvalue weighted by atomic mass is 9.86. The maximum absolute atomic E-state index is 10.8. The molecule has 0 fully saturated rings. The number of fused-ring (bicyclic) bond motifs is 3. The van der Waals surface area contributed by atoms with E-state index in [1.165, 1.54) is 33.0 Å². The molecule has 1 unspecified atom stereocenters. The minimum absolute atomic E-state index is 0.512. The van der Waals surface area contributed by atoms with Gasteiger partial charge in [-0.2, -0.15) is 5.26 Å². The van der Waals surface area contributed by atoms with E-state index in [-0.39, 0.29) is 0 Å². The van der Waals surface area contributed by atoms with E-state index in [1.807, 2.05) is 60.7 Å². The first kappa shape index (κ1) is 34.7. The second-order valence-electron chi connectivity index (χ2n) is 14.8. The van der Waals surface area contributed by atoms with Gasteiger partial charge < -0.3 is 9.88 Å². The Bertz CT molecular complexity index is 2970. The maximum atomic E-state index is 10.8. The molecule has 0 saturated carbocycles. The van der Waals surface area contributed by atoms with E-state index in [0.717, 1.165) is 50.2 Å². The summed E-state index contributed by atoms with van der Waals surface area (Å²) in [5, 5.41) is 16.9. The summed E-state index contributed by atoms with van der Waals surface area (Å²) < 4.78 is 2.42. The maximum Gasteiger partial charge on any atom is 0.154 e. The van der Waals surface area contributed by atoms with Crippen LogP contribution in [0.4, 0.5) is 0 Å². The highest BCUT2D eigenvalue weighted by atomic mass is 15.2. The van der Waals surface area contributed by atoms with Gasteiger partial charge >= 0.3 is 0 Å². The van der Waals surface area contributed by atoms with Crippen LogP contribution in [0, 0.1) is 11.3 Å². The van der Waals surface area contributed by atoms with Gasteiger partial charge in [-0.05, 0) is 70.6 Å². The van der Waals surface area contributed by atoms with Crippen LogP contribution in [0.1, 0.15) is 23.6 Å². The van der Waals surface area contributed by atoms with Crippen molar-refractivity contribution in [2.75, 3.05) is 0 Å². The van der Waals surface area contributed by atoms with E-state index in [0.29, 0.717) is 11.3 Å². The number of hydrogen-bond donors (Lipinski definition) is 1. The van der Waals surface area contributed by atoms with Gasteiger partial charge in [-0.1, -0.05) is 176 Å². The summed E-state index contributed by atoms with van der Waals surface area (Å²) >= 11 is 0. The molecular weight excluding hydrogens is 705 g/mol. The standard InChI is InChI=1S/C54H38N4/c1-54(56-52(40-24-13-5-14-25-40)46(36-55)53(57-54)41-26-15-6-16-27-41)47-28-17-29-50(51(47)39-22-11-4-12-23-39)58-48-32-30-42(37-18-7-2-8-19-37)34-44(48)45-35-43(31-33-49(45)58)38-20-9-3-10-21-38/h2-35,56H,1H3. The van der Waals surface area contributed by atoms with E-state index in [9.17, 15) is 5.26 Å². The average molecular weight is 743 g/mol. The zero-order valence-corrected chi connectivity index (χ0v) is 32.0. The van der Waals surface area contributed by atoms with Gasteiger partial charge in [0.05, 0.1) is 28.1 Å². The highest BCUT2D eigenvalue weighted by Gasteiger charge is 2.37. The molecule has 8 aromatic carbocycles. The number of nitrogens with one attached hydrogen (secondary N) is 1. The summed E-state index contributed by atoms with van der Waals surface area (Å²) in [5.74, 6) is 0. The molecule has 0 radical (unpaired) electrons. The average Bonchev–Trinajstić information content (AvgIpc) is 3.62. The molecule has 1 N–H and O–H groups in total. The lowest BCUT2D eigenvalue weighted by Crippen LogP contribution is -2.42. The van der Waals surface area contributed by atoms with Crippen molar-refractivity contribution in [3.63, 3.8) is 0 Å². The first-order chi connectivity index (χ1) is 28.6. The van der Waals surface area contributed by atoms with Crippen molar-refractivity contribution in [1.82, 2.24) is 9.88 Å². The predicted octanol–water partition coefficient (Wildman–Crippen LogP) is 13.0. The van der Waals surface area contributed by atoms with Crippen LogP contribution in [-0.2, 0) is 5.66 Å². The molecule has 4 heteroatoms. The molecule has 1 aliphatic heterocycles. The molecule has 0 amide bonds. The van der Waals surface area contributed by atoms with Crippen molar-refractivity contribution in [1.29, 1.82) is 5.26 Å². The Kier molecular flexibility index (Phi) is 8.62. The van der Waals surface area contributed by atoms with Crippen LogP contribution in [0.5, 0.6) is 0 Å². The zero-order chi connectivity index (χ0) is 39.1. The van der Waals surface area contributed by atoms with Crippen molar-refractivity contribution < 1.29 is 0 Å². The van der Waals surface area contributed by atoms with Crippen molar-refractivity contribution >= 4 is 33.2 Å². The van der Waals surface area contributed by atoms with Crippen molar-refractivity contribution in [3.05, 3.63) is 229 Å². The third kappa shape index (κ3) is 5.98. The molecule has 1 aliphatic rings. The minimum atomic E-state index is -0.975. The molecule has 1 atom stereocenters. The minimum Gasteiger partial charge on any atom is -0.356 e. The monoisotopic (exact) mass is 742 g/mol. The van der Waals surface area contributed by atoms with E-state index >= 15 is 0 Å². The third-order valence-electron chi connectivity index (χ3n) is 11.3. The molecule has 9 aromatic rings. The van der Waals surface area contributed by atoms with Crippen molar-refractivity contribution in [2.24, 2.45) is 4.99 Å². The predicted molar refractivity (Wildman–Crippen MR) is 240 cm³/mol. The number of nitrogens with zero attached hydrogens (tertiary/aromatic N) is 3. The van der Waals surface area contributed by atoms with Gasteiger partial charge in [0.25, 0.3) is 0 Å². The quantitative estimate of drug-likeness (QED) is 0.177. The van der Waals surface area contributed by atoms with E-state index in [2.05, 4.69) is 168 Å². The van der Waals surface area contributed by atoms with Crippen LogP contribution < -0.4 is 5.32 Å². The largest absolute Gasteiger partial charge is 0.356 e. The van der Waals surface area contributed by atoms with Crippen LogP contribution in [0.25, 0.3) is 66.6 Å². The van der Waals surface area contributed by atoms with Crippen molar-refractivity contribution in [3.8, 4) is 45.1 Å². The fourth-order valence-electron chi connectivity index (χ4n) is 8.54. The highest BCUT2D eigenvalue weighted by molar-refractivity contribution is 6.20. The lowest BCUT2D eigenvalue weighted by molar-refractivity contribution is 0.447. The second kappa shape index (κ2) is 14.4. The molecule has 0 spiro atoms. The van der Waals surface area contributed by atoms with Crippen LogP contribution in [0.2, 0.25) is 0 Å². The van der Waals surface area contributed by atoms with Gasteiger partial charge in [0, 0.05) is 27.5 Å². The summed E-state index contributed by atoms with van der Waals surface area (Å²) in [6.45, 7) is 2.13. The number of allylic oxidation sites excluding steroid dienone is 1. The molecule has 58 heavy (non-hydrogen) atoms. The number of hydrogen-bond acceptors (Lipinski definition) is 3. The van der Waals surface area contributed by atoms with Gasteiger partial charge in [-0.25, -0.2) is 0 Å². The summed E-state index contributed by atoms with van der Waals surface area (Å²) in [5.41, 5.74) is 13.9. The molecule has 1 aromatic heterocycles. The number of aromatic nitrogens is 1. The van der Waals surface area contributed by atoms with E-state index < -0.39 is 5.66 Å². The van der Waals surface area contributed by atoms with Gasteiger partial charge in [0.2, 0.25) is 0 Å². The topological polar surface area (TPSA) is 53.1 Å². The Morgan fingerprint density at radius 3 is 1.45 bits per heavy atom. The zero-order valence-electron chi connectivity index (χ0n) is 32.0. The Morgan fingerprint density at radius 2 is 0.948 bits per heavy atom. The number of nitriles is 1. The lowest BCUT2D eigenvalue weighted by Gasteiger charge is -2.37. The number of aliphatic imine (C=N–C) groups is 1. The second-order valence-corrected chi connectivity index (χ2v) is 14.8. The van der Waals surface area contributed by atoms with Gasteiger partial charge in [0.1, 0.15) is 11.6 Å². The number of benzene rings is 8. The molecule has 0 saturated heterocycles.